The van der Waals surface area contributed by atoms with Crippen LogP contribution in [0.5, 0.6) is 0 Å². The number of hydrogen-bond donors (Lipinski definition) is 1. The van der Waals surface area contributed by atoms with Crippen LogP contribution in [0.25, 0.3) is 0 Å². The van der Waals surface area contributed by atoms with Crippen molar-refractivity contribution < 1.29 is 14.3 Å². The number of methoxy groups -OCH3 is 1. The molecule has 0 saturated heterocycles. The second-order valence-electron chi connectivity index (χ2n) is 4.36. The van der Waals surface area contributed by atoms with Gasteiger partial charge in [-0.15, -0.1) is 0 Å². The third kappa shape index (κ3) is 2.76. The Balaban J connectivity index is 2.70. The molecule has 1 fully saturated rings. The molecule has 1 saturated carbocycles. The van der Waals surface area contributed by atoms with Gasteiger partial charge >= 0.3 is 5.97 Å². The summed E-state index contributed by atoms with van der Waals surface area (Å²) in [4.78, 5) is 23.4. The highest BCUT2D eigenvalue weighted by Crippen LogP contribution is 2.37. The van der Waals surface area contributed by atoms with Gasteiger partial charge in [0, 0.05) is 0 Å². The van der Waals surface area contributed by atoms with Crippen LogP contribution in [0.2, 0.25) is 0 Å². The summed E-state index contributed by atoms with van der Waals surface area (Å²) < 4.78 is 4.60. The van der Waals surface area contributed by atoms with Gasteiger partial charge in [-0.3, -0.25) is 4.79 Å². The zero-order chi connectivity index (χ0) is 12.9. The lowest BCUT2D eigenvalue weighted by Gasteiger charge is -2.22. The maximum absolute atomic E-state index is 12.0. The van der Waals surface area contributed by atoms with E-state index in [2.05, 4.69) is 16.1 Å². The van der Waals surface area contributed by atoms with Crippen molar-refractivity contribution in [1.82, 2.24) is 5.32 Å². The molecular weight excluding hydrogens is 220 g/mol. The Kier molecular flexibility index (Phi) is 4.50. The lowest BCUT2D eigenvalue weighted by atomic mass is 9.86. The first-order valence-corrected chi connectivity index (χ1v) is 5.89. The highest BCUT2D eigenvalue weighted by Gasteiger charge is 2.42. The van der Waals surface area contributed by atoms with Crippen LogP contribution < -0.4 is 5.32 Å². The van der Waals surface area contributed by atoms with Crippen molar-refractivity contribution in [2.24, 2.45) is 5.41 Å². The number of nitrogens with one attached hydrogen (secondary N) is 1. The number of esters is 1. The standard InChI is InChI=1S/C12H18N2O3/c1-3-9(10(15)17-2)14-11(16)12(8-13)6-4-5-7-12/h9H,3-7H2,1-2H3,(H,14,16). The molecule has 5 heteroatoms. The Morgan fingerprint density at radius 2 is 2.06 bits per heavy atom. The minimum absolute atomic E-state index is 0.338. The van der Waals surface area contributed by atoms with Crippen molar-refractivity contribution in [3.05, 3.63) is 0 Å². The fourth-order valence-electron chi connectivity index (χ4n) is 2.13. The van der Waals surface area contributed by atoms with Gasteiger partial charge in [0.1, 0.15) is 11.5 Å². The van der Waals surface area contributed by atoms with Crippen molar-refractivity contribution >= 4 is 11.9 Å². The molecule has 0 aliphatic heterocycles. The van der Waals surface area contributed by atoms with E-state index < -0.39 is 17.4 Å². The number of ether oxygens (including phenoxy) is 1. The monoisotopic (exact) mass is 238 g/mol. The zero-order valence-electron chi connectivity index (χ0n) is 10.3. The Bertz CT molecular complexity index is 340. The van der Waals surface area contributed by atoms with Crippen LogP contribution in [0, 0.1) is 16.7 Å². The van der Waals surface area contributed by atoms with Crippen LogP contribution in [0.4, 0.5) is 0 Å². The fraction of sp³-hybridized carbons (Fsp3) is 0.750. The predicted octanol–water partition coefficient (Wildman–Crippen LogP) is 1.14. The molecule has 1 atom stereocenters. The van der Waals surface area contributed by atoms with Gasteiger partial charge in [-0.2, -0.15) is 5.26 Å². The Morgan fingerprint density at radius 1 is 1.47 bits per heavy atom. The van der Waals surface area contributed by atoms with E-state index in [1.807, 2.05) is 0 Å². The molecule has 0 bridgehead atoms. The van der Waals surface area contributed by atoms with Gasteiger partial charge in [-0.25, -0.2) is 4.79 Å². The van der Waals surface area contributed by atoms with E-state index in [1.165, 1.54) is 7.11 Å². The summed E-state index contributed by atoms with van der Waals surface area (Å²) >= 11 is 0. The summed E-state index contributed by atoms with van der Waals surface area (Å²) in [6, 6.07) is 1.45. The van der Waals surface area contributed by atoms with Gasteiger partial charge in [0.2, 0.25) is 5.91 Å². The van der Waals surface area contributed by atoms with E-state index in [-0.39, 0.29) is 5.91 Å². The summed E-state index contributed by atoms with van der Waals surface area (Å²) in [6.45, 7) is 1.79. The quantitative estimate of drug-likeness (QED) is 0.745. The molecule has 17 heavy (non-hydrogen) atoms. The number of carbonyl (C=O) groups is 2. The summed E-state index contributed by atoms with van der Waals surface area (Å²) in [5, 5.41) is 11.8. The van der Waals surface area contributed by atoms with Gasteiger partial charge < -0.3 is 10.1 Å². The maximum Gasteiger partial charge on any atom is 0.328 e. The summed E-state index contributed by atoms with van der Waals surface area (Å²) in [5.74, 6) is -0.804. The molecule has 0 spiro atoms. The number of carbonyl (C=O) groups excluding carboxylic acids is 2. The molecule has 1 aliphatic rings. The lowest BCUT2D eigenvalue weighted by Crippen LogP contribution is -2.47. The molecule has 1 unspecified atom stereocenters. The second-order valence-corrected chi connectivity index (χ2v) is 4.36. The van der Waals surface area contributed by atoms with Crippen molar-refractivity contribution in [2.45, 2.75) is 45.1 Å². The van der Waals surface area contributed by atoms with Gasteiger partial charge in [0.05, 0.1) is 13.2 Å². The van der Waals surface area contributed by atoms with Crippen molar-refractivity contribution in [3.8, 4) is 6.07 Å². The van der Waals surface area contributed by atoms with Crippen LogP contribution in [0.3, 0.4) is 0 Å². The lowest BCUT2D eigenvalue weighted by molar-refractivity contribution is -0.146. The molecule has 94 valence electrons. The summed E-state index contributed by atoms with van der Waals surface area (Å²) in [6.07, 6.45) is 3.38. The first-order chi connectivity index (χ1) is 8.09. The van der Waals surface area contributed by atoms with Crippen LogP contribution in [0.1, 0.15) is 39.0 Å². The highest BCUT2D eigenvalue weighted by molar-refractivity contribution is 5.90. The van der Waals surface area contributed by atoms with E-state index >= 15 is 0 Å². The SMILES string of the molecule is CCC(NC(=O)C1(C#N)CCCC1)C(=O)OC. The average Bonchev–Trinajstić information content (AvgIpc) is 2.84. The molecule has 0 aromatic heterocycles. The summed E-state index contributed by atoms with van der Waals surface area (Å²) in [5.41, 5.74) is -0.943. The van der Waals surface area contributed by atoms with E-state index in [9.17, 15) is 9.59 Å². The molecule has 1 amide bonds. The van der Waals surface area contributed by atoms with Crippen molar-refractivity contribution in [3.63, 3.8) is 0 Å². The molecule has 1 aliphatic carbocycles. The molecule has 5 nitrogen and oxygen atoms in total. The Labute approximate surface area is 101 Å². The van der Waals surface area contributed by atoms with Crippen molar-refractivity contribution in [1.29, 1.82) is 5.26 Å². The zero-order valence-corrected chi connectivity index (χ0v) is 10.3. The van der Waals surface area contributed by atoms with E-state index in [4.69, 9.17) is 5.26 Å². The Morgan fingerprint density at radius 3 is 2.47 bits per heavy atom. The smallest absolute Gasteiger partial charge is 0.328 e. The van der Waals surface area contributed by atoms with Gasteiger partial charge in [-0.05, 0) is 19.3 Å². The number of nitrogens with zero attached hydrogens (tertiary/aromatic N) is 1. The van der Waals surface area contributed by atoms with Crippen molar-refractivity contribution in [2.75, 3.05) is 7.11 Å². The van der Waals surface area contributed by atoms with E-state index in [0.717, 1.165) is 12.8 Å². The molecule has 1 rings (SSSR count). The van der Waals surface area contributed by atoms with Crippen LogP contribution in [0.15, 0.2) is 0 Å². The highest BCUT2D eigenvalue weighted by atomic mass is 16.5. The molecule has 1 N–H and O–H groups in total. The van der Waals surface area contributed by atoms with Crippen LogP contribution >= 0.6 is 0 Å². The number of rotatable bonds is 4. The third-order valence-corrected chi connectivity index (χ3v) is 3.31. The van der Waals surface area contributed by atoms with Gasteiger partial charge in [-0.1, -0.05) is 19.8 Å². The largest absolute Gasteiger partial charge is 0.467 e. The minimum Gasteiger partial charge on any atom is -0.467 e. The van der Waals surface area contributed by atoms with E-state index in [1.54, 1.807) is 6.92 Å². The molecule has 0 aromatic rings. The number of amides is 1. The van der Waals surface area contributed by atoms with Crippen LogP contribution in [-0.4, -0.2) is 25.0 Å². The predicted molar refractivity (Wildman–Crippen MR) is 60.8 cm³/mol. The minimum atomic E-state index is -0.943. The topological polar surface area (TPSA) is 79.2 Å². The second kappa shape index (κ2) is 5.67. The average molecular weight is 238 g/mol. The molecule has 0 radical (unpaired) electrons. The molecular formula is C12H18N2O3. The fourth-order valence-corrected chi connectivity index (χ4v) is 2.13. The maximum atomic E-state index is 12.0. The molecule has 0 heterocycles. The number of nitriles is 1. The van der Waals surface area contributed by atoms with Gasteiger partial charge in [0.25, 0.3) is 0 Å². The summed E-state index contributed by atoms with van der Waals surface area (Å²) in [7, 11) is 1.28. The Hall–Kier alpha value is -1.57. The normalized spacial score (nSPS) is 19.1. The van der Waals surface area contributed by atoms with E-state index in [0.29, 0.717) is 19.3 Å². The first kappa shape index (κ1) is 13.5. The first-order valence-electron chi connectivity index (χ1n) is 5.89. The molecule has 0 aromatic carbocycles. The third-order valence-electron chi connectivity index (χ3n) is 3.31. The number of hydrogen-bond acceptors (Lipinski definition) is 4. The van der Waals surface area contributed by atoms with Crippen LogP contribution in [-0.2, 0) is 14.3 Å². The van der Waals surface area contributed by atoms with Gasteiger partial charge in [0.15, 0.2) is 0 Å².